The Morgan fingerprint density at radius 1 is 1.07 bits per heavy atom. The van der Waals surface area contributed by atoms with Crippen LogP contribution >= 0.6 is 0 Å². The monoisotopic (exact) mass is 389 g/mol. The molecule has 0 aromatic heterocycles. The Bertz CT molecular complexity index is 916. The third-order valence-electron chi connectivity index (χ3n) is 3.98. The van der Waals surface area contributed by atoms with Gasteiger partial charge in [-0.2, -0.15) is 18.4 Å². The van der Waals surface area contributed by atoms with Crippen LogP contribution in [-0.2, 0) is 22.2 Å². The number of carbonyl (C=O) groups excluding carboxylic acids is 2. The van der Waals surface area contributed by atoms with Gasteiger partial charge >= 0.3 is 6.18 Å². The van der Waals surface area contributed by atoms with Crippen LogP contribution in [0.2, 0.25) is 0 Å². The lowest BCUT2D eigenvalue weighted by Gasteiger charge is -2.15. The zero-order valence-electron chi connectivity index (χ0n) is 15.2. The van der Waals surface area contributed by atoms with E-state index in [0.29, 0.717) is 12.1 Å². The third kappa shape index (κ3) is 5.58. The van der Waals surface area contributed by atoms with Crippen LogP contribution in [-0.4, -0.2) is 11.8 Å². The summed E-state index contributed by atoms with van der Waals surface area (Å²) in [6.45, 7) is 3.05. The van der Waals surface area contributed by atoms with Crippen molar-refractivity contribution in [3.63, 3.8) is 0 Å². The van der Waals surface area contributed by atoms with Crippen LogP contribution in [0, 0.1) is 17.2 Å². The summed E-state index contributed by atoms with van der Waals surface area (Å²) in [5, 5.41) is 13.9. The van der Waals surface area contributed by atoms with Gasteiger partial charge in [-0.1, -0.05) is 19.1 Å². The van der Waals surface area contributed by atoms with E-state index in [2.05, 4.69) is 10.6 Å². The van der Waals surface area contributed by atoms with E-state index in [4.69, 9.17) is 5.26 Å². The number of rotatable bonds is 5. The Labute approximate surface area is 160 Å². The Morgan fingerprint density at radius 3 is 2.21 bits per heavy atom. The lowest BCUT2D eigenvalue weighted by Crippen LogP contribution is -2.22. The fourth-order valence-corrected chi connectivity index (χ4v) is 2.59. The van der Waals surface area contributed by atoms with Crippen molar-refractivity contribution >= 4 is 23.2 Å². The molecule has 2 rings (SSSR count). The van der Waals surface area contributed by atoms with Crippen molar-refractivity contribution in [2.24, 2.45) is 5.92 Å². The van der Waals surface area contributed by atoms with Crippen molar-refractivity contribution in [2.45, 2.75) is 26.4 Å². The van der Waals surface area contributed by atoms with Crippen molar-refractivity contribution in [3.8, 4) is 6.07 Å². The van der Waals surface area contributed by atoms with Gasteiger partial charge in [0.1, 0.15) is 0 Å². The largest absolute Gasteiger partial charge is 0.417 e. The number of anilines is 2. The summed E-state index contributed by atoms with van der Waals surface area (Å²) in [5.74, 6) is -1.14. The zero-order valence-corrected chi connectivity index (χ0v) is 15.2. The first kappa shape index (κ1) is 21.0. The van der Waals surface area contributed by atoms with Crippen LogP contribution in [0.15, 0.2) is 42.5 Å². The second kappa shape index (κ2) is 8.57. The molecular formula is C20H18F3N3O2. The average molecular weight is 389 g/mol. The van der Waals surface area contributed by atoms with Gasteiger partial charge in [0, 0.05) is 24.2 Å². The third-order valence-corrected chi connectivity index (χ3v) is 3.98. The normalized spacial score (nSPS) is 12.0. The molecule has 5 nitrogen and oxygen atoms in total. The first-order chi connectivity index (χ1) is 13.1. The van der Waals surface area contributed by atoms with Crippen LogP contribution < -0.4 is 10.6 Å². The molecule has 146 valence electrons. The van der Waals surface area contributed by atoms with Crippen LogP contribution in [0.25, 0.3) is 0 Å². The van der Waals surface area contributed by atoms with Gasteiger partial charge < -0.3 is 10.6 Å². The quantitative estimate of drug-likeness (QED) is 0.798. The van der Waals surface area contributed by atoms with Gasteiger partial charge in [-0.25, -0.2) is 0 Å². The van der Waals surface area contributed by atoms with E-state index in [9.17, 15) is 22.8 Å². The summed E-state index contributed by atoms with van der Waals surface area (Å²) < 4.78 is 39.1. The van der Waals surface area contributed by atoms with Gasteiger partial charge in [-0.05, 0) is 42.3 Å². The highest BCUT2D eigenvalue weighted by Crippen LogP contribution is 2.33. The Morgan fingerprint density at radius 2 is 1.68 bits per heavy atom. The summed E-state index contributed by atoms with van der Waals surface area (Å²) >= 11 is 0. The lowest BCUT2D eigenvalue weighted by atomic mass is 9.99. The zero-order chi connectivity index (χ0) is 20.9. The molecule has 2 N–H and O–H groups in total. The molecule has 8 heteroatoms. The highest BCUT2D eigenvalue weighted by atomic mass is 19.4. The number of amides is 2. The predicted octanol–water partition coefficient (Wildman–Crippen LogP) is 4.35. The molecule has 0 fully saturated rings. The summed E-state index contributed by atoms with van der Waals surface area (Å²) in [6, 6.07) is 11.5. The van der Waals surface area contributed by atoms with E-state index in [0.717, 1.165) is 17.7 Å². The number of carbonyl (C=O) groups is 2. The summed E-state index contributed by atoms with van der Waals surface area (Å²) in [6.07, 6.45) is -4.32. The first-order valence-electron chi connectivity index (χ1n) is 8.39. The van der Waals surface area contributed by atoms with Crippen molar-refractivity contribution in [2.75, 3.05) is 10.6 Å². The molecule has 0 aliphatic carbocycles. The molecule has 0 spiro atoms. The molecule has 0 heterocycles. The summed E-state index contributed by atoms with van der Waals surface area (Å²) in [5.41, 5.74) is -0.144. The number of nitrogens with zero attached hydrogens (tertiary/aromatic N) is 1. The smallest absolute Gasteiger partial charge is 0.326 e. The van der Waals surface area contributed by atoms with Crippen LogP contribution in [0.5, 0.6) is 0 Å². The number of hydrogen-bond acceptors (Lipinski definition) is 3. The topological polar surface area (TPSA) is 82.0 Å². The highest BCUT2D eigenvalue weighted by molar-refractivity contribution is 5.92. The summed E-state index contributed by atoms with van der Waals surface area (Å²) in [4.78, 5) is 23.3. The number of nitrogens with one attached hydrogen (secondary N) is 2. The van der Waals surface area contributed by atoms with Crippen molar-refractivity contribution in [1.29, 1.82) is 5.26 Å². The molecule has 0 aliphatic heterocycles. The number of alkyl halides is 3. The van der Waals surface area contributed by atoms with E-state index in [1.807, 2.05) is 0 Å². The molecule has 0 saturated heterocycles. The fourth-order valence-electron chi connectivity index (χ4n) is 2.59. The standard InChI is InChI=1S/C20H18F3N3O2/c1-12(9-14-3-6-16(7-4-14)25-13(2)27)19(28)26-17-8-5-15(11-24)18(10-17)20(21,22)23/h3-8,10,12H,9H2,1-2H3,(H,25,27)(H,26,28). The number of halogens is 3. The molecule has 1 atom stereocenters. The van der Waals surface area contributed by atoms with E-state index in [-0.39, 0.29) is 11.6 Å². The van der Waals surface area contributed by atoms with Gasteiger partial charge in [-0.15, -0.1) is 0 Å². The van der Waals surface area contributed by atoms with Crippen LogP contribution in [0.4, 0.5) is 24.5 Å². The average Bonchev–Trinajstić information content (AvgIpc) is 2.62. The van der Waals surface area contributed by atoms with E-state index in [1.165, 1.54) is 19.1 Å². The minimum absolute atomic E-state index is 0.0239. The van der Waals surface area contributed by atoms with Crippen LogP contribution in [0.3, 0.4) is 0 Å². The minimum Gasteiger partial charge on any atom is -0.326 e. The predicted molar refractivity (Wildman–Crippen MR) is 98.4 cm³/mol. The highest BCUT2D eigenvalue weighted by Gasteiger charge is 2.34. The first-order valence-corrected chi connectivity index (χ1v) is 8.39. The SMILES string of the molecule is CC(=O)Nc1ccc(CC(C)C(=O)Nc2ccc(C#N)c(C(F)(F)F)c2)cc1. The molecule has 2 aromatic carbocycles. The minimum atomic E-state index is -4.69. The number of hydrogen-bond donors (Lipinski definition) is 2. The molecular weight excluding hydrogens is 371 g/mol. The van der Waals surface area contributed by atoms with Gasteiger partial charge in [0.2, 0.25) is 11.8 Å². The Kier molecular flexibility index (Phi) is 6.41. The molecule has 0 aliphatic rings. The second-order valence-corrected chi connectivity index (χ2v) is 6.34. The lowest BCUT2D eigenvalue weighted by molar-refractivity contribution is -0.137. The van der Waals surface area contributed by atoms with E-state index < -0.39 is 29.1 Å². The molecule has 2 aromatic rings. The number of benzene rings is 2. The summed E-state index contributed by atoms with van der Waals surface area (Å²) in [7, 11) is 0. The van der Waals surface area contributed by atoms with Crippen molar-refractivity contribution < 1.29 is 22.8 Å². The Balaban J connectivity index is 2.06. The van der Waals surface area contributed by atoms with E-state index in [1.54, 1.807) is 31.2 Å². The fraction of sp³-hybridized carbons (Fsp3) is 0.250. The van der Waals surface area contributed by atoms with Crippen molar-refractivity contribution in [1.82, 2.24) is 0 Å². The van der Waals surface area contributed by atoms with Crippen LogP contribution in [0.1, 0.15) is 30.5 Å². The maximum atomic E-state index is 13.0. The van der Waals surface area contributed by atoms with Gasteiger partial charge in [0.25, 0.3) is 0 Å². The number of nitriles is 1. The molecule has 0 saturated carbocycles. The molecule has 0 radical (unpaired) electrons. The van der Waals surface area contributed by atoms with Gasteiger partial charge in [0.05, 0.1) is 17.2 Å². The second-order valence-electron chi connectivity index (χ2n) is 6.34. The maximum absolute atomic E-state index is 13.0. The molecule has 0 bridgehead atoms. The van der Waals surface area contributed by atoms with Gasteiger partial charge in [-0.3, -0.25) is 9.59 Å². The van der Waals surface area contributed by atoms with E-state index >= 15 is 0 Å². The molecule has 28 heavy (non-hydrogen) atoms. The molecule has 1 unspecified atom stereocenters. The molecule has 2 amide bonds. The van der Waals surface area contributed by atoms with Gasteiger partial charge in [0.15, 0.2) is 0 Å². The van der Waals surface area contributed by atoms with Crippen molar-refractivity contribution in [3.05, 3.63) is 59.2 Å². The maximum Gasteiger partial charge on any atom is 0.417 e. The Hall–Kier alpha value is -3.34.